The van der Waals surface area contributed by atoms with Crippen molar-refractivity contribution in [2.45, 2.75) is 32.7 Å². The normalized spacial score (nSPS) is 23.7. The zero-order valence-electron chi connectivity index (χ0n) is 11.4. The molecule has 0 aliphatic heterocycles. The lowest BCUT2D eigenvalue weighted by Crippen LogP contribution is -2.33. The van der Waals surface area contributed by atoms with E-state index in [0.717, 1.165) is 31.5 Å². The molecule has 0 saturated heterocycles. The number of rotatable bonds is 6. The first-order valence-electron chi connectivity index (χ1n) is 7.15. The van der Waals surface area contributed by atoms with Crippen molar-refractivity contribution < 1.29 is 0 Å². The van der Waals surface area contributed by atoms with Crippen molar-refractivity contribution in [1.82, 2.24) is 9.88 Å². The first-order chi connectivity index (χ1) is 8.83. The molecule has 1 saturated carbocycles. The molecule has 0 radical (unpaired) electrons. The molecule has 2 atom stereocenters. The van der Waals surface area contributed by atoms with Gasteiger partial charge in [0.15, 0.2) is 0 Å². The molecule has 0 aromatic carbocycles. The first-order valence-corrected chi connectivity index (χ1v) is 7.15. The molecule has 1 aliphatic rings. The lowest BCUT2D eigenvalue weighted by Gasteiger charge is -2.27. The fourth-order valence-corrected chi connectivity index (χ4v) is 3.02. The maximum atomic E-state index is 5.86. The van der Waals surface area contributed by atoms with Gasteiger partial charge in [0.2, 0.25) is 0 Å². The van der Waals surface area contributed by atoms with Gasteiger partial charge in [0.1, 0.15) is 0 Å². The topological polar surface area (TPSA) is 42.2 Å². The summed E-state index contributed by atoms with van der Waals surface area (Å²) < 4.78 is 0. The van der Waals surface area contributed by atoms with Crippen LogP contribution >= 0.6 is 0 Å². The minimum atomic E-state index is 0.739. The van der Waals surface area contributed by atoms with Gasteiger partial charge in [-0.3, -0.25) is 9.88 Å². The summed E-state index contributed by atoms with van der Waals surface area (Å²) in [6.07, 6.45) is 5.90. The molecule has 2 N–H and O–H groups in total. The Balaban J connectivity index is 1.89. The largest absolute Gasteiger partial charge is 0.330 e. The molecule has 1 fully saturated rings. The maximum absolute atomic E-state index is 5.86. The third-order valence-corrected chi connectivity index (χ3v) is 4.17. The third-order valence-electron chi connectivity index (χ3n) is 4.17. The van der Waals surface area contributed by atoms with E-state index in [-0.39, 0.29) is 0 Å². The molecule has 0 amide bonds. The van der Waals surface area contributed by atoms with E-state index in [1.807, 2.05) is 12.3 Å². The molecule has 2 unspecified atom stereocenters. The highest BCUT2D eigenvalue weighted by molar-refractivity contribution is 5.03. The van der Waals surface area contributed by atoms with Crippen LogP contribution in [0.4, 0.5) is 0 Å². The molecule has 2 rings (SSSR count). The lowest BCUT2D eigenvalue weighted by atomic mass is 9.95. The average molecular weight is 247 g/mol. The summed E-state index contributed by atoms with van der Waals surface area (Å²) in [5.41, 5.74) is 7.03. The van der Waals surface area contributed by atoms with E-state index in [1.165, 1.54) is 31.5 Å². The Kier molecular flexibility index (Phi) is 5.14. The number of nitrogens with zero attached hydrogens (tertiary/aromatic N) is 2. The van der Waals surface area contributed by atoms with Crippen molar-refractivity contribution in [1.29, 1.82) is 0 Å². The van der Waals surface area contributed by atoms with Crippen LogP contribution in [0, 0.1) is 11.8 Å². The quantitative estimate of drug-likeness (QED) is 0.838. The van der Waals surface area contributed by atoms with Crippen LogP contribution in [0.3, 0.4) is 0 Å². The SMILES string of the molecule is CCN(Cc1ccccn1)CC1CCCC1CN. The Labute approximate surface area is 110 Å². The first kappa shape index (κ1) is 13.5. The second kappa shape index (κ2) is 6.86. The van der Waals surface area contributed by atoms with Gasteiger partial charge in [-0.2, -0.15) is 0 Å². The van der Waals surface area contributed by atoms with E-state index in [1.54, 1.807) is 0 Å². The molecular formula is C15H25N3. The summed E-state index contributed by atoms with van der Waals surface area (Å²) in [6.45, 7) is 6.31. The Morgan fingerprint density at radius 1 is 1.33 bits per heavy atom. The van der Waals surface area contributed by atoms with E-state index in [0.29, 0.717) is 0 Å². The van der Waals surface area contributed by atoms with Crippen molar-refractivity contribution in [3.63, 3.8) is 0 Å². The molecule has 100 valence electrons. The predicted molar refractivity (Wildman–Crippen MR) is 75.1 cm³/mol. The third kappa shape index (κ3) is 3.53. The fraction of sp³-hybridized carbons (Fsp3) is 0.667. The van der Waals surface area contributed by atoms with Gasteiger partial charge >= 0.3 is 0 Å². The monoisotopic (exact) mass is 247 g/mol. The Hall–Kier alpha value is -0.930. The van der Waals surface area contributed by atoms with Crippen LogP contribution in [0.1, 0.15) is 31.9 Å². The van der Waals surface area contributed by atoms with Crippen molar-refractivity contribution in [2.75, 3.05) is 19.6 Å². The zero-order valence-corrected chi connectivity index (χ0v) is 11.4. The van der Waals surface area contributed by atoms with E-state index in [9.17, 15) is 0 Å². The maximum Gasteiger partial charge on any atom is 0.0543 e. The molecule has 18 heavy (non-hydrogen) atoms. The smallest absolute Gasteiger partial charge is 0.0543 e. The van der Waals surface area contributed by atoms with E-state index in [4.69, 9.17) is 5.73 Å². The summed E-state index contributed by atoms with van der Waals surface area (Å²) >= 11 is 0. The van der Waals surface area contributed by atoms with Gasteiger partial charge in [0, 0.05) is 19.3 Å². The number of nitrogens with two attached hydrogens (primary N) is 1. The van der Waals surface area contributed by atoms with Gasteiger partial charge in [0.25, 0.3) is 0 Å². The summed E-state index contributed by atoms with van der Waals surface area (Å²) in [5, 5.41) is 0. The number of pyridine rings is 1. The minimum Gasteiger partial charge on any atom is -0.330 e. The van der Waals surface area contributed by atoms with Crippen LogP contribution in [-0.2, 0) is 6.54 Å². The Morgan fingerprint density at radius 3 is 2.83 bits per heavy atom. The van der Waals surface area contributed by atoms with Crippen LogP contribution in [0.5, 0.6) is 0 Å². The van der Waals surface area contributed by atoms with E-state index in [2.05, 4.69) is 28.9 Å². The van der Waals surface area contributed by atoms with Crippen LogP contribution in [0.15, 0.2) is 24.4 Å². The fourth-order valence-electron chi connectivity index (χ4n) is 3.02. The second-order valence-electron chi connectivity index (χ2n) is 5.34. The summed E-state index contributed by atoms with van der Waals surface area (Å²) in [4.78, 5) is 6.91. The van der Waals surface area contributed by atoms with Crippen LogP contribution in [0.25, 0.3) is 0 Å². The highest BCUT2D eigenvalue weighted by Gasteiger charge is 2.27. The van der Waals surface area contributed by atoms with Gasteiger partial charge in [-0.05, 0) is 49.9 Å². The van der Waals surface area contributed by atoms with Gasteiger partial charge in [-0.1, -0.05) is 19.4 Å². The molecule has 1 aromatic heterocycles. The van der Waals surface area contributed by atoms with Crippen molar-refractivity contribution >= 4 is 0 Å². The summed E-state index contributed by atoms with van der Waals surface area (Å²) in [6, 6.07) is 6.15. The molecule has 3 nitrogen and oxygen atoms in total. The van der Waals surface area contributed by atoms with Crippen molar-refractivity contribution in [2.24, 2.45) is 17.6 Å². The lowest BCUT2D eigenvalue weighted by molar-refractivity contribution is 0.206. The number of aromatic nitrogens is 1. The molecule has 1 heterocycles. The highest BCUT2D eigenvalue weighted by Crippen LogP contribution is 2.31. The second-order valence-corrected chi connectivity index (χ2v) is 5.34. The van der Waals surface area contributed by atoms with Crippen LogP contribution < -0.4 is 5.73 Å². The van der Waals surface area contributed by atoms with Gasteiger partial charge in [-0.25, -0.2) is 0 Å². The number of hydrogen-bond acceptors (Lipinski definition) is 3. The molecule has 0 spiro atoms. The Bertz CT molecular complexity index is 339. The molecule has 1 aliphatic carbocycles. The van der Waals surface area contributed by atoms with Crippen molar-refractivity contribution in [3.8, 4) is 0 Å². The minimum absolute atomic E-state index is 0.739. The number of hydrogen-bond donors (Lipinski definition) is 1. The molecule has 0 bridgehead atoms. The Morgan fingerprint density at radius 2 is 2.17 bits per heavy atom. The summed E-state index contributed by atoms with van der Waals surface area (Å²) in [7, 11) is 0. The van der Waals surface area contributed by atoms with Gasteiger partial charge < -0.3 is 5.73 Å². The zero-order chi connectivity index (χ0) is 12.8. The van der Waals surface area contributed by atoms with E-state index < -0.39 is 0 Å². The van der Waals surface area contributed by atoms with Crippen LogP contribution in [0.2, 0.25) is 0 Å². The van der Waals surface area contributed by atoms with Gasteiger partial charge in [0.05, 0.1) is 5.69 Å². The summed E-state index contributed by atoms with van der Waals surface area (Å²) in [5.74, 6) is 1.53. The predicted octanol–water partition coefficient (Wildman–Crippen LogP) is 2.28. The van der Waals surface area contributed by atoms with E-state index >= 15 is 0 Å². The molecule has 1 aromatic rings. The van der Waals surface area contributed by atoms with Crippen molar-refractivity contribution in [3.05, 3.63) is 30.1 Å². The standard InChI is InChI=1S/C15H25N3/c1-2-18(12-15-8-3-4-9-17-15)11-14-7-5-6-13(14)10-16/h3-4,8-9,13-14H,2,5-7,10-12,16H2,1H3. The average Bonchev–Trinajstić information content (AvgIpc) is 2.86. The highest BCUT2D eigenvalue weighted by atomic mass is 15.1. The molecule has 3 heteroatoms. The van der Waals surface area contributed by atoms with Crippen LogP contribution in [-0.4, -0.2) is 29.5 Å². The molecular weight excluding hydrogens is 222 g/mol. The van der Waals surface area contributed by atoms with Gasteiger partial charge in [-0.15, -0.1) is 0 Å².